The molecule has 9 nitrogen and oxygen atoms in total. The number of likely N-dealkylation sites (tertiary alicyclic amines) is 1. The number of rotatable bonds is 8. The van der Waals surface area contributed by atoms with Gasteiger partial charge in [0.25, 0.3) is 0 Å². The molecule has 212 valence electrons. The second kappa shape index (κ2) is 12.5. The third-order valence-corrected chi connectivity index (χ3v) is 8.82. The second-order valence-corrected chi connectivity index (χ2v) is 11.9. The van der Waals surface area contributed by atoms with E-state index < -0.39 is 0 Å². The van der Waals surface area contributed by atoms with Gasteiger partial charge in [-0.15, -0.1) is 11.3 Å². The molecule has 0 aliphatic carbocycles. The third-order valence-electron chi connectivity index (χ3n) is 7.40. The van der Waals surface area contributed by atoms with Crippen molar-refractivity contribution in [1.29, 1.82) is 0 Å². The molecule has 0 spiro atoms. The molecule has 2 aliphatic rings. The van der Waals surface area contributed by atoms with E-state index >= 15 is 0 Å². The van der Waals surface area contributed by atoms with Crippen LogP contribution in [0.3, 0.4) is 0 Å². The molecule has 1 aromatic carbocycles. The molecule has 3 aromatic heterocycles. The number of hydrogen-bond acceptors (Lipinski definition) is 9. The number of fused-ring (bicyclic) bond motifs is 3. The van der Waals surface area contributed by atoms with E-state index in [2.05, 4.69) is 30.2 Å². The molecule has 5 heterocycles. The van der Waals surface area contributed by atoms with Crippen molar-refractivity contribution in [2.75, 3.05) is 31.5 Å². The SMILES string of the molecule is Cc1cncc(COc2ccc(Nc3ncnc4sc5c(c34)CCN(C(=O)/C=C/CN3CCCCC3)C5)cc2Cl)n1. The predicted molar refractivity (Wildman–Crippen MR) is 162 cm³/mol. The van der Waals surface area contributed by atoms with Gasteiger partial charge in [-0.05, 0) is 63.0 Å². The maximum Gasteiger partial charge on any atom is 0.246 e. The first-order valence-electron chi connectivity index (χ1n) is 13.9. The van der Waals surface area contributed by atoms with E-state index in [0.29, 0.717) is 23.9 Å². The highest BCUT2D eigenvalue weighted by molar-refractivity contribution is 7.19. The first-order valence-corrected chi connectivity index (χ1v) is 15.1. The fourth-order valence-corrected chi connectivity index (χ4v) is 6.77. The van der Waals surface area contributed by atoms with Gasteiger partial charge in [0.15, 0.2) is 0 Å². The quantitative estimate of drug-likeness (QED) is 0.262. The minimum absolute atomic E-state index is 0.0703. The van der Waals surface area contributed by atoms with Gasteiger partial charge in [0.05, 0.1) is 34.5 Å². The summed E-state index contributed by atoms with van der Waals surface area (Å²) in [6, 6.07) is 5.56. The number of hydrogen-bond donors (Lipinski definition) is 1. The molecule has 2 aliphatic heterocycles. The predicted octanol–water partition coefficient (Wildman–Crippen LogP) is 5.69. The van der Waals surface area contributed by atoms with E-state index in [1.807, 2.05) is 36.1 Å². The number of carbonyl (C=O) groups excluding carboxylic acids is 1. The number of aromatic nitrogens is 4. The van der Waals surface area contributed by atoms with Crippen molar-refractivity contribution in [1.82, 2.24) is 29.7 Å². The monoisotopic (exact) mass is 589 g/mol. The average Bonchev–Trinajstić information content (AvgIpc) is 3.36. The first-order chi connectivity index (χ1) is 20.0. The van der Waals surface area contributed by atoms with E-state index in [4.69, 9.17) is 16.3 Å². The molecule has 1 amide bonds. The van der Waals surface area contributed by atoms with Crippen LogP contribution in [-0.4, -0.2) is 61.8 Å². The van der Waals surface area contributed by atoms with Crippen LogP contribution in [0.15, 0.2) is 49.1 Å². The number of aryl methyl sites for hydroxylation is 1. The summed E-state index contributed by atoms with van der Waals surface area (Å²) >= 11 is 8.18. The van der Waals surface area contributed by atoms with Crippen molar-refractivity contribution in [2.45, 2.75) is 45.8 Å². The summed E-state index contributed by atoms with van der Waals surface area (Å²) < 4.78 is 5.87. The second-order valence-electron chi connectivity index (χ2n) is 10.4. The molecule has 1 fully saturated rings. The fraction of sp³-hybridized carbons (Fsp3) is 0.367. The van der Waals surface area contributed by atoms with Crippen LogP contribution >= 0.6 is 22.9 Å². The van der Waals surface area contributed by atoms with E-state index in [1.165, 1.54) is 24.8 Å². The number of halogens is 1. The molecule has 4 aromatic rings. The maximum absolute atomic E-state index is 12.9. The Balaban J connectivity index is 1.13. The van der Waals surface area contributed by atoms with E-state index in [-0.39, 0.29) is 12.5 Å². The average molecular weight is 590 g/mol. The zero-order chi connectivity index (χ0) is 28.2. The first kappa shape index (κ1) is 27.6. The minimum atomic E-state index is 0.0703. The van der Waals surface area contributed by atoms with Crippen LogP contribution in [0.1, 0.15) is 41.1 Å². The summed E-state index contributed by atoms with van der Waals surface area (Å²) in [5.41, 5.74) is 3.58. The lowest BCUT2D eigenvalue weighted by atomic mass is 10.0. The summed E-state index contributed by atoms with van der Waals surface area (Å²) in [6.45, 7) is 6.52. The normalized spacial score (nSPS) is 15.8. The summed E-state index contributed by atoms with van der Waals surface area (Å²) in [6.07, 6.45) is 13.3. The summed E-state index contributed by atoms with van der Waals surface area (Å²) in [5.74, 6) is 1.37. The number of carbonyl (C=O) groups is 1. The van der Waals surface area contributed by atoms with Crippen molar-refractivity contribution >= 4 is 50.6 Å². The van der Waals surface area contributed by atoms with E-state index in [0.717, 1.165) is 64.0 Å². The molecule has 11 heteroatoms. The van der Waals surface area contributed by atoms with Gasteiger partial charge in [-0.1, -0.05) is 24.1 Å². The smallest absolute Gasteiger partial charge is 0.246 e. The zero-order valence-corrected chi connectivity index (χ0v) is 24.5. The number of benzene rings is 1. The molecule has 1 saturated heterocycles. The molecular formula is C30H32ClN7O2S. The van der Waals surface area contributed by atoms with Crippen LogP contribution in [0, 0.1) is 6.92 Å². The third kappa shape index (κ3) is 6.50. The lowest BCUT2D eigenvalue weighted by molar-refractivity contribution is -0.126. The molecule has 0 radical (unpaired) electrons. The van der Waals surface area contributed by atoms with Crippen molar-refractivity contribution in [3.8, 4) is 5.75 Å². The maximum atomic E-state index is 12.9. The van der Waals surface area contributed by atoms with Crippen LogP contribution in [-0.2, 0) is 24.4 Å². The molecule has 0 atom stereocenters. The highest BCUT2D eigenvalue weighted by Crippen LogP contribution is 2.39. The molecule has 6 rings (SSSR count). The van der Waals surface area contributed by atoms with Gasteiger partial charge >= 0.3 is 0 Å². The number of anilines is 2. The highest BCUT2D eigenvalue weighted by atomic mass is 35.5. The Morgan fingerprint density at radius 2 is 2.05 bits per heavy atom. The van der Waals surface area contributed by atoms with Crippen molar-refractivity contribution in [3.05, 3.63) is 75.9 Å². The minimum Gasteiger partial charge on any atom is -0.486 e. The molecule has 0 bridgehead atoms. The zero-order valence-electron chi connectivity index (χ0n) is 23.0. The summed E-state index contributed by atoms with van der Waals surface area (Å²) in [4.78, 5) is 37.0. The molecular weight excluding hydrogens is 558 g/mol. The molecule has 41 heavy (non-hydrogen) atoms. The lowest BCUT2D eigenvalue weighted by Gasteiger charge is -2.27. The number of piperidine rings is 1. The van der Waals surface area contributed by atoms with Crippen molar-refractivity contribution in [2.24, 2.45) is 0 Å². The highest BCUT2D eigenvalue weighted by Gasteiger charge is 2.25. The van der Waals surface area contributed by atoms with Gasteiger partial charge in [0.1, 0.15) is 29.3 Å². The van der Waals surface area contributed by atoms with E-state index in [9.17, 15) is 4.79 Å². The van der Waals surface area contributed by atoms with Gasteiger partial charge in [0.2, 0.25) is 5.91 Å². The van der Waals surface area contributed by atoms with Crippen LogP contribution in [0.5, 0.6) is 5.75 Å². The van der Waals surface area contributed by atoms with Crippen LogP contribution < -0.4 is 10.1 Å². The van der Waals surface area contributed by atoms with E-state index in [1.54, 1.807) is 36.1 Å². The standard InChI is InChI=1S/C30H32ClN7O2S/c1-20-15-32-16-22(35-20)18-40-25-8-7-21(14-24(25)31)36-29-28-23-9-13-38(17-26(23)41-30(28)34-19-33-29)27(39)6-5-12-37-10-3-2-4-11-37/h5-8,14-16,19H,2-4,9-13,17-18H2,1H3,(H,33,34,36)/b6-5+. The van der Waals surface area contributed by atoms with Gasteiger partial charge in [0, 0.05) is 35.9 Å². The van der Waals surface area contributed by atoms with Crippen LogP contribution in [0.25, 0.3) is 10.2 Å². The Kier molecular flexibility index (Phi) is 8.41. The topological polar surface area (TPSA) is 96.4 Å². The van der Waals surface area contributed by atoms with Gasteiger partial charge < -0.3 is 15.0 Å². The van der Waals surface area contributed by atoms with Gasteiger partial charge in [-0.25, -0.2) is 9.97 Å². The van der Waals surface area contributed by atoms with Gasteiger partial charge in [-0.3, -0.25) is 19.7 Å². The van der Waals surface area contributed by atoms with Gasteiger partial charge in [-0.2, -0.15) is 0 Å². The number of nitrogens with one attached hydrogen (secondary N) is 1. The Hall–Kier alpha value is -3.60. The van der Waals surface area contributed by atoms with Crippen molar-refractivity contribution in [3.63, 3.8) is 0 Å². The molecule has 1 N–H and O–H groups in total. The number of thiophene rings is 1. The Labute approximate surface area is 248 Å². The fourth-order valence-electron chi connectivity index (χ4n) is 5.33. The Morgan fingerprint density at radius 1 is 1.17 bits per heavy atom. The lowest BCUT2D eigenvalue weighted by Crippen LogP contribution is -2.34. The summed E-state index contributed by atoms with van der Waals surface area (Å²) in [7, 11) is 0. The number of nitrogens with zero attached hydrogens (tertiary/aromatic N) is 6. The molecule has 0 unspecified atom stereocenters. The van der Waals surface area contributed by atoms with Crippen molar-refractivity contribution < 1.29 is 9.53 Å². The summed E-state index contributed by atoms with van der Waals surface area (Å²) in [5, 5.41) is 4.91. The molecule has 0 saturated carbocycles. The Bertz CT molecular complexity index is 1580. The van der Waals surface area contributed by atoms with Crippen LogP contribution in [0.4, 0.5) is 11.5 Å². The largest absolute Gasteiger partial charge is 0.486 e. The Morgan fingerprint density at radius 3 is 2.88 bits per heavy atom. The van der Waals surface area contributed by atoms with Crippen LogP contribution in [0.2, 0.25) is 5.02 Å². The number of amides is 1. The number of ether oxygens (including phenoxy) is 1.